The maximum absolute atomic E-state index is 11.0. The molecule has 21 heavy (non-hydrogen) atoms. The van der Waals surface area contributed by atoms with Gasteiger partial charge in [0.05, 0.1) is 5.92 Å². The summed E-state index contributed by atoms with van der Waals surface area (Å²) in [6.45, 7) is 0.982. The van der Waals surface area contributed by atoms with Crippen LogP contribution in [0.4, 0.5) is 0 Å². The van der Waals surface area contributed by atoms with Gasteiger partial charge in [0.15, 0.2) is 0 Å². The lowest BCUT2D eigenvalue weighted by atomic mass is 9.85. The van der Waals surface area contributed by atoms with Crippen LogP contribution >= 0.6 is 11.6 Å². The highest BCUT2D eigenvalue weighted by molar-refractivity contribution is 6.30. The Morgan fingerprint density at radius 3 is 2.57 bits per heavy atom. The van der Waals surface area contributed by atoms with Crippen LogP contribution in [0.3, 0.4) is 0 Å². The maximum atomic E-state index is 11.0. The molecule has 2 saturated carbocycles. The fourth-order valence-corrected chi connectivity index (χ4v) is 3.61. The lowest BCUT2D eigenvalue weighted by molar-refractivity contribution is -0.142. The summed E-state index contributed by atoms with van der Waals surface area (Å²) < 4.78 is 0. The molecule has 0 bridgehead atoms. The van der Waals surface area contributed by atoms with Crippen LogP contribution in [0.15, 0.2) is 24.3 Å². The first-order chi connectivity index (χ1) is 10.1. The topological polar surface area (TPSA) is 49.3 Å². The van der Waals surface area contributed by atoms with E-state index in [1.807, 2.05) is 12.1 Å². The summed E-state index contributed by atoms with van der Waals surface area (Å²) in [6, 6.07) is 8.66. The standard InChI is InChI=1S/C17H22ClNO2/c18-14-3-1-2-13(10-14)17(8-9-17)11-19-15-6-4-12(5-7-15)16(20)21/h1-3,10,12,15,19H,4-9,11H2,(H,20,21). The fourth-order valence-electron chi connectivity index (χ4n) is 3.42. The fraction of sp³-hybridized carbons (Fsp3) is 0.588. The lowest BCUT2D eigenvalue weighted by Crippen LogP contribution is -2.39. The maximum Gasteiger partial charge on any atom is 0.306 e. The molecule has 0 aromatic heterocycles. The van der Waals surface area contributed by atoms with Gasteiger partial charge in [-0.1, -0.05) is 23.7 Å². The van der Waals surface area contributed by atoms with E-state index in [0.717, 1.165) is 37.3 Å². The second-order valence-electron chi connectivity index (χ2n) is 6.56. The molecule has 1 aromatic carbocycles. The van der Waals surface area contributed by atoms with E-state index in [1.54, 1.807) is 0 Å². The number of carbonyl (C=O) groups is 1. The Hall–Kier alpha value is -1.06. The largest absolute Gasteiger partial charge is 0.481 e. The van der Waals surface area contributed by atoms with Gasteiger partial charge in [-0.25, -0.2) is 0 Å². The summed E-state index contributed by atoms with van der Waals surface area (Å²) in [4.78, 5) is 11.0. The van der Waals surface area contributed by atoms with Crippen LogP contribution in [-0.2, 0) is 10.2 Å². The minimum absolute atomic E-state index is 0.133. The highest BCUT2D eigenvalue weighted by Crippen LogP contribution is 2.48. The number of nitrogens with one attached hydrogen (secondary N) is 1. The minimum Gasteiger partial charge on any atom is -0.481 e. The third-order valence-electron chi connectivity index (χ3n) is 5.10. The molecule has 0 amide bonds. The van der Waals surface area contributed by atoms with Crippen molar-refractivity contribution in [2.24, 2.45) is 5.92 Å². The monoisotopic (exact) mass is 307 g/mol. The second kappa shape index (κ2) is 5.98. The summed E-state index contributed by atoms with van der Waals surface area (Å²) in [6.07, 6.45) is 5.98. The van der Waals surface area contributed by atoms with Gasteiger partial charge in [0.1, 0.15) is 0 Å². The van der Waals surface area contributed by atoms with Gasteiger partial charge in [-0.2, -0.15) is 0 Å². The number of hydrogen-bond donors (Lipinski definition) is 2. The molecular formula is C17H22ClNO2. The van der Waals surface area contributed by atoms with Crippen LogP contribution < -0.4 is 5.32 Å². The van der Waals surface area contributed by atoms with E-state index in [-0.39, 0.29) is 11.3 Å². The van der Waals surface area contributed by atoms with Gasteiger partial charge in [-0.15, -0.1) is 0 Å². The van der Waals surface area contributed by atoms with Crippen LogP contribution in [-0.4, -0.2) is 23.7 Å². The Bertz CT molecular complexity index is 519. The number of benzene rings is 1. The number of rotatable bonds is 5. The molecule has 0 radical (unpaired) electrons. The molecule has 1 aromatic rings. The van der Waals surface area contributed by atoms with Crippen LogP contribution in [0.1, 0.15) is 44.1 Å². The van der Waals surface area contributed by atoms with E-state index in [2.05, 4.69) is 17.4 Å². The predicted molar refractivity (Wildman–Crippen MR) is 83.7 cm³/mol. The Balaban J connectivity index is 1.53. The molecule has 0 saturated heterocycles. The number of carboxylic acids is 1. The third-order valence-corrected chi connectivity index (χ3v) is 5.33. The zero-order valence-corrected chi connectivity index (χ0v) is 12.9. The number of aliphatic carboxylic acids is 1. The van der Waals surface area contributed by atoms with Crippen LogP contribution in [0.2, 0.25) is 5.02 Å². The van der Waals surface area contributed by atoms with Crippen LogP contribution in [0, 0.1) is 5.92 Å². The molecule has 2 fully saturated rings. The van der Waals surface area contributed by atoms with Crippen molar-refractivity contribution in [2.45, 2.75) is 50.0 Å². The van der Waals surface area contributed by atoms with E-state index >= 15 is 0 Å². The molecule has 0 heterocycles. The van der Waals surface area contributed by atoms with Crippen molar-refractivity contribution in [3.05, 3.63) is 34.9 Å². The summed E-state index contributed by atoms with van der Waals surface area (Å²) in [7, 11) is 0. The van der Waals surface area contributed by atoms with Crippen molar-refractivity contribution >= 4 is 17.6 Å². The average molecular weight is 308 g/mol. The highest BCUT2D eigenvalue weighted by atomic mass is 35.5. The molecule has 3 nitrogen and oxygen atoms in total. The van der Waals surface area contributed by atoms with Crippen molar-refractivity contribution in [3.8, 4) is 0 Å². The first-order valence-electron chi connectivity index (χ1n) is 7.81. The van der Waals surface area contributed by atoms with Gasteiger partial charge in [-0.05, 0) is 56.2 Å². The molecule has 2 aliphatic rings. The van der Waals surface area contributed by atoms with Gasteiger partial charge in [0, 0.05) is 23.0 Å². The zero-order valence-electron chi connectivity index (χ0n) is 12.1. The van der Waals surface area contributed by atoms with Gasteiger partial charge >= 0.3 is 5.97 Å². The number of hydrogen-bond acceptors (Lipinski definition) is 2. The average Bonchev–Trinajstić information content (AvgIpc) is 3.27. The predicted octanol–water partition coefficient (Wildman–Crippen LogP) is 3.60. The lowest BCUT2D eigenvalue weighted by Gasteiger charge is -2.29. The van der Waals surface area contributed by atoms with E-state index in [0.29, 0.717) is 6.04 Å². The summed E-state index contributed by atoms with van der Waals surface area (Å²) >= 11 is 6.10. The Labute approximate surface area is 130 Å². The van der Waals surface area contributed by atoms with Crippen molar-refractivity contribution in [3.63, 3.8) is 0 Å². The molecule has 0 unspecified atom stereocenters. The molecule has 2 aliphatic carbocycles. The highest BCUT2D eigenvalue weighted by Gasteiger charge is 2.44. The summed E-state index contributed by atoms with van der Waals surface area (Å²) in [5.74, 6) is -0.767. The van der Waals surface area contributed by atoms with Crippen molar-refractivity contribution in [2.75, 3.05) is 6.54 Å². The summed E-state index contributed by atoms with van der Waals surface area (Å²) in [5.41, 5.74) is 1.59. The van der Waals surface area contributed by atoms with E-state index < -0.39 is 5.97 Å². The Morgan fingerprint density at radius 1 is 1.29 bits per heavy atom. The molecule has 0 spiro atoms. The number of halogens is 1. The molecular weight excluding hydrogens is 286 g/mol. The SMILES string of the molecule is O=C(O)C1CCC(NCC2(c3cccc(Cl)c3)CC2)CC1. The molecule has 3 rings (SSSR count). The molecule has 114 valence electrons. The Morgan fingerprint density at radius 2 is 2.00 bits per heavy atom. The zero-order chi connectivity index (χ0) is 14.9. The van der Waals surface area contributed by atoms with Gasteiger partial charge in [0.25, 0.3) is 0 Å². The second-order valence-corrected chi connectivity index (χ2v) is 6.99. The minimum atomic E-state index is -0.633. The molecule has 2 N–H and O–H groups in total. The summed E-state index contributed by atoms with van der Waals surface area (Å²) in [5, 5.41) is 13.5. The molecule has 0 atom stereocenters. The normalized spacial score (nSPS) is 27.3. The van der Waals surface area contributed by atoms with Gasteiger partial charge < -0.3 is 10.4 Å². The van der Waals surface area contributed by atoms with Crippen LogP contribution in [0.25, 0.3) is 0 Å². The third kappa shape index (κ3) is 3.41. The first-order valence-corrected chi connectivity index (χ1v) is 8.19. The Kier molecular flexibility index (Phi) is 4.23. The van der Waals surface area contributed by atoms with E-state index in [9.17, 15) is 4.79 Å². The smallest absolute Gasteiger partial charge is 0.306 e. The first kappa shape index (κ1) is 14.9. The van der Waals surface area contributed by atoms with Crippen molar-refractivity contribution in [1.82, 2.24) is 5.32 Å². The van der Waals surface area contributed by atoms with E-state index in [4.69, 9.17) is 16.7 Å². The molecule has 0 aliphatic heterocycles. The van der Waals surface area contributed by atoms with Crippen molar-refractivity contribution in [1.29, 1.82) is 0 Å². The molecule has 4 heteroatoms. The van der Waals surface area contributed by atoms with Crippen LogP contribution in [0.5, 0.6) is 0 Å². The van der Waals surface area contributed by atoms with E-state index in [1.165, 1.54) is 18.4 Å². The quantitative estimate of drug-likeness (QED) is 0.874. The number of carboxylic acid groups (broad SMARTS) is 1. The van der Waals surface area contributed by atoms with Gasteiger partial charge in [0.2, 0.25) is 0 Å². The van der Waals surface area contributed by atoms with Crippen molar-refractivity contribution < 1.29 is 9.90 Å². The van der Waals surface area contributed by atoms with Gasteiger partial charge in [-0.3, -0.25) is 4.79 Å².